The maximum absolute atomic E-state index is 6.38. The van der Waals surface area contributed by atoms with Crippen molar-refractivity contribution >= 4 is 22.8 Å². The Kier molecular flexibility index (Phi) is 4.83. The summed E-state index contributed by atoms with van der Waals surface area (Å²) >= 11 is 1.93. The molecule has 0 radical (unpaired) electrons. The first-order chi connectivity index (χ1) is 10.3. The third kappa shape index (κ3) is 3.25. The molecule has 0 bridgehead atoms. The van der Waals surface area contributed by atoms with Crippen molar-refractivity contribution in [1.82, 2.24) is 9.55 Å². The Labute approximate surface area is 130 Å². The Hall–Kier alpha value is -1.04. The molecule has 1 fully saturated rings. The second kappa shape index (κ2) is 6.81. The number of fused-ring (bicyclic) bond motifs is 1. The topological polar surface area (TPSA) is 53.1 Å². The molecule has 1 aromatic carbocycles. The van der Waals surface area contributed by atoms with Crippen LogP contribution in [-0.4, -0.2) is 39.8 Å². The highest BCUT2D eigenvalue weighted by Crippen LogP contribution is 2.20. The molecular formula is C16H23N3OS. The SMILES string of the molecule is CCCn1c(CC(N)C2CSCCO2)nc2ccccc21. The number of ether oxygens (including phenoxy) is 1. The molecule has 0 aliphatic carbocycles. The first-order valence-corrected chi connectivity index (χ1v) is 8.84. The Morgan fingerprint density at radius 2 is 2.33 bits per heavy atom. The van der Waals surface area contributed by atoms with Gasteiger partial charge in [-0.05, 0) is 18.6 Å². The van der Waals surface area contributed by atoms with Crippen molar-refractivity contribution in [2.75, 3.05) is 18.1 Å². The molecule has 1 saturated heterocycles. The Balaban J connectivity index is 1.83. The first kappa shape index (κ1) is 14.9. The van der Waals surface area contributed by atoms with Crippen LogP contribution in [0.25, 0.3) is 11.0 Å². The molecule has 4 nitrogen and oxygen atoms in total. The summed E-state index contributed by atoms with van der Waals surface area (Å²) in [6.45, 7) is 4.00. The second-order valence-corrected chi connectivity index (χ2v) is 6.67. The van der Waals surface area contributed by atoms with Crippen molar-refractivity contribution in [3.05, 3.63) is 30.1 Å². The quantitative estimate of drug-likeness (QED) is 0.922. The van der Waals surface area contributed by atoms with Crippen molar-refractivity contribution in [3.8, 4) is 0 Å². The van der Waals surface area contributed by atoms with Gasteiger partial charge in [-0.3, -0.25) is 0 Å². The normalized spacial score (nSPS) is 20.8. The van der Waals surface area contributed by atoms with Crippen LogP contribution < -0.4 is 5.73 Å². The maximum Gasteiger partial charge on any atom is 0.111 e. The molecule has 2 unspecified atom stereocenters. The van der Waals surface area contributed by atoms with Gasteiger partial charge < -0.3 is 15.0 Å². The van der Waals surface area contributed by atoms with Crippen LogP contribution in [0, 0.1) is 0 Å². The summed E-state index contributed by atoms with van der Waals surface area (Å²) in [5.74, 6) is 3.16. The molecular weight excluding hydrogens is 282 g/mol. The third-order valence-corrected chi connectivity index (χ3v) is 4.94. The summed E-state index contributed by atoms with van der Waals surface area (Å²) in [4.78, 5) is 4.79. The number of thioether (sulfide) groups is 1. The average molecular weight is 305 g/mol. The van der Waals surface area contributed by atoms with Gasteiger partial charge in [0.15, 0.2) is 0 Å². The Morgan fingerprint density at radius 1 is 1.48 bits per heavy atom. The lowest BCUT2D eigenvalue weighted by Crippen LogP contribution is -2.43. The van der Waals surface area contributed by atoms with Gasteiger partial charge in [-0.25, -0.2) is 4.98 Å². The Morgan fingerprint density at radius 3 is 3.10 bits per heavy atom. The van der Waals surface area contributed by atoms with Crippen molar-refractivity contribution < 1.29 is 4.74 Å². The molecule has 114 valence electrons. The summed E-state index contributed by atoms with van der Waals surface area (Å²) in [5.41, 5.74) is 8.65. The van der Waals surface area contributed by atoms with Gasteiger partial charge in [0, 0.05) is 30.5 Å². The number of nitrogens with zero attached hydrogens (tertiary/aromatic N) is 2. The fraction of sp³-hybridized carbons (Fsp3) is 0.562. The number of nitrogens with two attached hydrogens (primary N) is 1. The van der Waals surface area contributed by atoms with E-state index in [0.717, 1.165) is 48.8 Å². The number of imidazole rings is 1. The number of aryl methyl sites for hydroxylation is 1. The van der Waals surface area contributed by atoms with Crippen molar-refractivity contribution in [1.29, 1.82) is 0 Å². The molecule has 1 aliphatic heterocycles. The van der Waals surface area contributed by atoms with E-state index in [1.165, 1.54) is 5.52 Å². The summed E-state index contributed by atoms with van der Waals surface area (Å²) in [7, 11) is 0. The molecule has 1 aromatic heterocycles. The zero-order chi connectivity index (χ0) is 14.7. The first-order valence-electron chi connectivity index (χ1n) is 7.68. The van der Waals surface area contributed by atoms with Gasteiger partial charge in [-0.1, -0.05) is 19.1 Å². The van der Waals surface area contributed by atoms with Gasteiger partial charge in [-0.2, -0.15) is 11.8 Å². The smallest absolute Gasteiger partial charge is 0.111 e. The van der Waals surface area contributed by atoms with E-state index in [1.54, 1.807) is 0 Å². The van der Waals surface area contributed by atoms with Crippen LogP contribution in [0.2, 0.25) is 0 Å². The van der Waals surface area contributed by atoms with E-state index in [4.69, 9.17) is 15.5 Å². The van der Waals surface area contributed by atoms with Crippen molar-refractivity contribution in [2.45, 2.75) is 38.5 Å². The maximum atomic E-state index is 6.38. The highest BCUT2D eigenvalue weighted by molar-refractivity contribution is 7.99. The zero-order valence-corrected chi connectivity index (χ0v) is 13.3. The summed E-state index contributed by atoms with van der Waals surface area (Å²) in [6.07, 6.45) is 2.02. The predicted molar refractivity (Wildman–Crippen MR) is 88.8 cm³/mol. The molecule has 1 aliphatic rings. The minimum absolute atomic E-state index is 0.0187. The lowest BCUT2D eigenvalue weighted by atomic mass is 10.1. The molecule has 0 amide bonds. The fourth-order valence-corrected chi connectivity index (χ4v) is 3.81. The molecule has 2 aromatic rings. The third-order valence-electron chi connectivity index (χ3n) is 3.92. The predicted octanol–water partition coefficient (Wildman–Crippen LogP) is 2.45. The van der Waals surface area contributed by atoms with Crippen LogP contribution in [0.1, 0.15) is 19.2 Å². The number of hydrogen-bond acceptors (Lipinski definition) is 4. The van der Waals surface area contributed by atoms with Crippen LogP contribution >= 0.6 is 11.8 Å². The minimum Gasteiger partial charge on any atom is -0.375 e. The molecule has 0 spiro atoms. The molecule has 2 heterocycles. The van der Waals surface area contributed by atoms with Gasteiger partial charge in [0.2, 0.25) is 0 Å². The van der Waals surface area contributed by atoms with Crippen molar-refractivity contribution in [3.63, 3.8) is 0 Å². The second-order valence-electron chi connectivity index (χ2n) is 5.52. The van der Waals surface area contributed by atoms with E-state index < -0.39 is 0 Å². The van der Waals surface area contributed by atoms with Crippen LogP contribution in [0.3, 0.4) is 0 Å². The van der Waals surface area contributed by atoms with Crippen LogP contribution in [0.15, 0.2) is 24.3 Å². The molecule has 2 N–H and O–H groups in total. The van der Waals surface area contributed by atoms with E-state index >= 15 is 0 Å². The number of aromatic nitrogens is 2. The minimum atomic E-state index is 0.0187. The van der Waals surface area contributed by atoms with Crippen LogP contribution in [0.4, 0.5) is 0 Å². The number of benzene rings is 1. The standard InChI is InChI=1S/C16H23N3OS/c1-2-7-19-14-6-4-3-5-13(14)18-16(19)10-12(17)15-11-21-9-8-20-15/h3-6,12,15H,2,7-11,17H2,1H3. The van der Waals surface area contributed by atoms with Gasteiger partial charge in [-0.15, -0.1) is 0 Å². The molecule has 3 rings (SSSR count). The van der Waals surface area contributed by atoms with E-state index in [0.29, 0.717) is 0 Å². The van der Waals surface area contributed by atoms with E-state index in [9.17, 15) is 0 Å². The molecule has 21 heavy (non-hydrogen) atoms. The van der Waals surface area contributed by atoms with E-state index in [2.05, 4.69) is 29.7 Å². The highest BCUT2D eigenvalue weighted by Gasteiger charge is 2.24. The average Bonchev–Trinajstić information content (AvgIpc) is 2.86. The van der Waals surface area contributed by atoms with Gasteiger partial charge in [0.1, 0.15) is 5.82 Å². The van der Waals surface area contributed by atoms with E-state index in [1.807, 2.05) is 17.8 Å². The van der Waals surface area contributed by atoms with Crippen molar-refractivity contribution in [2.24, 2.45) is 5.73 Å². The lowest BCUT2D eigenvalue weighted by molar-refractivity contribution is 0.0565. The summed E-state index contributed by atoms with van der Waals surface area (Å²) in [5, 5.41) is 0. The monoisotopic (exact) mass is 305 g/mol. The molecule has 2 atom stereocenters. The highest BCUT2D eigenvalue weighted by atomic mass is 32.2. The zero-order valence-electron chi connectivity index (χ0n) is 12.5. The summed E-state index contributed by atoms with van der Waals surface area (Å²) < 4.78 is 8.11. The van der Waals surface area contributed by atoms with Gasteiger partial charge in [0.25, 0.3) is 0 Å². The van der Waals surface area contributed by atoms with Gasteiger partial charge >= 0.3 is 0 Å². The fourth-order valence-electron chi connectivity index (χ4n) is 2.85. The number of para-hydroxylation sites is 2. The summed E-state index contributed by atoms with van der Waals surface area (Å²) in [6, 6.07) is 8.34. The Bertz CT molecular complexity index is 592. The molecule has 0 saturated carbocycles. The van der Waals surface area contributed by atoms with Gasteiger partial charge in [0.05, 0.1) is 23.7 Å². The van der Waals surface area contributed by atoms with Crippen LogP contribution in [0.5, 0.6) is 0 Å². The number of rotatable bonds is 5. The largest absolute Gasteiger partial charge is 0.375 e. The molecule has 5 heteroatoms. The van der Waals surface area contributed by atoms with E-state index in [-0.39, 0.29) is 12.1 Å². The lowest BCUT2D eigenvalue weighted by Gasteiger charge is -2.27. The van der Waals surface area contributed by atoms with Crippen LogP contribution in [-0.2, 0) is 17.7 Å². The number of hydrogen-bond donors (Lipinski definition) is 1.